The number of benzene rings is 3. The summed E-state index contributed by atoms with van der Waals surface area (Å²) in [6.45, 7) is 2.23. The van der Waals surface area contributed by atoms with Crippen molar-refractivity contribution in [3.05, 3.63) is 102 Å². The van der Waals surface area contributed by atoms with Crippen LogP contribution in [-0.2, 0) is 0 Å². The molecule has 0 spiro atoms. The van der Waals surface area contributed by atoms with Crippen molar-refractivity contribution in [2.24, 2.45) is 0 Å². The molecule has 1 atom stereocenters. The minimum atomic E-state index is -0.0529. The molecular formula is C26H29NO. The van der Waals surface area contributed by atoms with Crippen LogP contribution in [0.4, 0.5) is 0 Å². The monoisotopic (exact) mass is 371 g/mol. The maximum Gasteiger partial charge on any atom is 0.156 e. The van der Waals surface area contributed by atoms with Crippen LogP contribution in [0, 0.1) is 0 Å². The highest BCUT2D eigenvalue weighted by molar-refractivity contribution is 5.90. The predicted octanol–water partition coefficient (Wildman–Crippen LogP) is 6.36. The van der Waals surface area contributed by atoms with Gasteiger partial charge in [-0.25, -0.2) is 0 Å². The van der Waals surface area contributed by atoms with E-state index >= 15 is 0 Å². The predicted molar refractivity (Wildman–Crippen MR) is 119 cm³/mol. The molecule has 0 N–H and O–H groups in total. The van der Waals surface area contributed by atoms with E-state index in [-0.39, 0.29) is 6.23 Å². The molecule has 0 heterocycles. The Balaban J connectivity index is 2.02. The minimum Gasteiger partial charge on any atom is -0.475 e. The van der Waals surface area contributed by atoms with Crippen LogP contribution in [0.2, 0.25) is 0 Å². The van der Waals surface area contributed by atoms with Gasteiger partial charge < -0.3 is 4.74 Å². The quantitative estimate of drug-likeness (QED) is 0.337. The van der Waals surface area contributed by atoms with Crippen LogP contribution in [0.15, 0.2) is 91.0 Å². The molecule has 0 radical (unpaired) electrons. The number of ether oxygens (including phenoxy) is 1. The van der Waals surface area contributed by atoms with E-state index in [0.29, 0.717) is 0 Å². The number of hydrogen-bond acceptors (Lipinski definition) is 2. The van der Waals surface area contributed by atoms with Gasteiger partial charge >= 0.3 is 0 Å². The standard InChI is InChI=1S/C26H29NO/c1-4-24(21-14-8-5-9-15-21)25(22-16-10-6-11-17-22)20-26(27(2)3)28-23-18-12-7-13-19-23/h5-19,26H,4,20H2,1-3H3. The maximum absolute atomic E-state index is 6.35. The van der Waals surface area contributed by atoms with Crippen LogP contribution in [-0.4, -0.2) is 25.2 Å². The average Bonchev–Trinajstić information content (AvgIpc) is 2.75. The van der Waals surface area contributed by atoms with Crippen molar-refractivity contribution in [2.75, 3.05) is 14.1 Å². The van der Waals surface area contributed by atoms with E-state index in [2.05, 4.69) is 86.6 Å². The molecule has 0 saturated heterocycles. The molecule has 28 heavy (non-hydrogen) atoms. The molecule has 0 amide bonds. The average molecular weight is 372 g/mol. The van der Waals surface area contributed by atoms with Gasteiger partial charge in [0.1, 0.15) is 5.75 Å². The van der Waals surface area contributed by atoms with Gasteiger partial charge in [0.25, 0.3) is 0 Å². The summed E-state index contributed by atoms with van der Waals surface area (Å²) in [7, 11) is 4.15. The summed E-state index contributed by atoms with van der Waals surface area (Å²) < 4.78 is 6.35. The summed E-state index contributed by atoms with van der Waals surface area (Å²) >= 11 is 0. The number of nitrogens with zero attached hydrogens (tertiary/aromatic N) is 1. The summed E-state index contributed by atoms with van der Waals surface area (Å²) in [5.41, 5.74) is 5.24. The Morgan fingerprint density at radius 3 is 1.64 bits per heavy atom. The largest absolute Gasteiger partial charge is 0.475 e. The first kappa shape index (κ1) is 19.9. The van der Waals surface area contributed by atoms with Crippen LogP contribution < -0.4 is 4.74 Å². The molecule has 0 aromatic heterocycles. The first-order valence-electron chi connectivity index (χ1n) is 9.90. The van der Waals surface area contributed by atoms with Gasteiger partial charge in [-0.3, -0.25) is 4.90 Å². The summed E-state index contributed by atoms with van der Waals surface area (Å²) in [5.74, 6) is 0.895. The summed E-state index contributed by atoms with van der Waals surface area (Å²) in [6.07, 6.45) is 1.73. The minimum absolute atomic E-state index is 0.0529. The number of rotatable bonds is 8. The van der Waals surface area contributed by atoms with Crippen LogP contribution in [0.1, 0.15) is 30.9 Å². The molecule has 0 bridgehead atoms. The molecule has 0 aliphatic heterocycles. The second-order valence-electron chi connectivity index (χ2n) is 7.10. The zero-order chi connectivity index (χ0) is 19.8. The molecule has 3 rings (SSSR count). The zero-order valence-electron chi connectivity index (χ0n) is 17.0. The highest BCUT2D eigenvalue weighted by Crippen LogP contribution is 2.33. The molecule has 2 heteroatoms. The Hall–Kier alpha value is -2.84. The molecule has 2 nitrogen and oxygen atoms in total. The van der Waals surface area contributed by atoms with Gasteiger partial charge in [0.2, 0.25) is 0 Å². The molecule has 1 unspecified atom stereocenters. The Labute approximate surface area is 169 Å². The molecule has 0 aliphatic rings. The van der Waals surface area contributed by atoms with E-state index in [9.17, 15) is 0 Å². The van der Waals surface area contributed by atoms with E-state index in [0.717, 1.165) is 18.6 Å². The molecule has 0 aliphatic carbocycles. The van der Waals surface area contributed by atoms with Gasteiger partial charge in [-0.2, -0.15) is 0 Å². The number of hydrogen-bond donors (Lipinski definition) is 0. The second kappa shape index (κ2) is 9.91. The van der Waals surface area contributed by atoms with Crippen molar-refractivity contribution in [3.8, 4) is 5.75 Å². The van der Waals surface area contributed by atoms with Gasteiger partial charge in [-0.05, 0) is 54.9 Å². The van der Waals surface area contributed by atoms with E-state index in [1.807, 2.05) is 30.3 Å². The first-order chi connectivity index (χ1) is 13.7. The fraction of sp³-hybridized carbons (Fsp3) is 0.231. The normalized spacial score (nSPS) is 13.1. The maximum atomic E-state index is 6.35. The molecular weight excluding hydrogens is 342 g/mol. The number of allylic oxidation sites excluding steroid dienone is 1. The fourth-order valence-corrected chi connectivity index (χ4v) is 3.45. The second-order valence-corrected chi connectivity index (χ2v) is 7.10. The Morgan fingerprint density at radius 1 is 0.714 bits per heavy atom. The van der Waals surface area contributed by atoms with Crippen LogP contribution in [0.25, 0.3) is 11.1 Å². The molecule has 3 aromatic carbocycles. The van der Waals surface area contributed by atoms with E-state index in [1.165, 1.54) is 22.3 Å². The van der Waals surface area contributed by atoms with Crippen molar-refractivity contribution < 1.29 is 4.74 Å². The highest BCUT2D eigenvalue weighted by atomic mass is 16.5. The first-order valence-corrected chi connectivity index (χ1v) is 9.90. The van der Waals surface area contributed by atoms with Crippen molar-refractivity contribution in [1.82, 2.24) is 4.90 Å². The SMILES string of the molecule is CCC(=C(CC(Oc1ccccc1)N(C)C)c1ccccc1)c1ccccc1. The van der Waals surface area contributed by atoms with Gasteiger partial charge in [0.15, 0.2) is 6.23 Å². The van der Waals surface area contributed by atoms with Crippen molar-refractivity contribution in [3.63, 3.8) is 0 Å². The highest BCUT2D eigenvalue weighted by Gasteiger charge is 2.19. The Kier molecular flexibility index (Phi) is 7.05. The third kappa shape index (κ3) is 5.11. The summed E-state index contributed by atoms with van der Waals surface area (Å²) in [4.78, 5) is 2.15. The third-order valence-corrected chi connectivity index (χ3v) is 4.93. The van der Waals surface area contributed by atoms with Gasteiger partial charge in [-0.1, -0.05) is 85.8 Å². The lowest BCUT2D eigenvalue weighted by molar-refractivity contribution is 0.0692. The summed E-state index contributed by atoms with van der Waals surface area (Å²) in [5, 5.41) is 0. The van der Waals surface area contributed by atoms with E-state index in [1.54, 1.807) is 0 Å². The van der Waals surface area contributed by atoms with Crippen LogP contribution in [0.3, 0.4) is 0 Å². The lowest BCUT2D eigenvalue weighted by atomic mass is 9.90. The topological polar surface area (TPSA) is 12.5 Å². The van der Waals surface area contributed by atoms with E-state index in [4.69, 9.17) is 4.74 Å². The number of para-hydroxylation sites is 1. The summed E-state index contributed by atoms with van der Waals surface area (Å²) in [6, 6.07) is 31.4. The van der Waals surface area contributed by atoms with Crippen LogP contribution >= 0.6 is 0 Å². The Bertz CT molecular complexity index is 870. The lowest BCUT2D eigenvalue weighted by Crippen LogP contribution is -2.33. The van der Waals surface area contributed by atoms with Crippen molar-refractivity contribution in [1.29, 1.82) is 0 Å². The third-order valence-electron chi connectivity index (χ3n) is 4.93. The fourth-order valence-electron chi connectivity index (χ4n) is 3.45. The molecule has 144 valence electrons. The van der Waals surface area contributed by atoms with Crippen molar-refractivity contribution in [2.45, 2.75) is 26.0 Å². The van der Waals surface area contributed by atoms with Gasteiger partial charge in [0, 0.05) is 6.42 Å². The van der Waals surface area contributed by atoms with Gasteiger partial charge in [-0.15, -0.1) is 0 Å². The smallest absolute Gasteiger partial charge is 0.156 e. The Morgan fingerprint density at radius 2 is 1.18 bits per heavy atom. The van der Waals surface area contributed by atoms with E-state index < -0.39 is 0 Å². The molecule has 0 saturated carbocycles. The molecule has 0 fully saturated rings. The zero-order valence-corrected chi connectivity index (χ0v) is 17.0. The van der Waals surface area contributed by atoms with Crippen LogP contribution in [0.5, 0.6) is 5.75 Å². The molecule has 3 aromatic rings. The lowest BCUT2D eigenvalue weighted by Gasteiger charge is -2.28. The van der Waals surface area contributed by atoms with Crippen molar-refractivity contribution >= 4 is 11.1 Å². The van der Waals surface area contributed by atoms with Gasteiger partial charge in [0.05, 0.1) is 0 Å².